The van der Waals surface area contributed by atoms with Crippen molar-refractivity contribution in [1.29, 1.82) is 0 Å². The Morgan fingerprint density at radius 1 is 1.50 bits per heavy atom. The topological polar surface area (TPSA) is 71.5 Å². The highest BCUT2D eigenvalue weighted by atomic mass is 32.1. The molecule has 1 aromatic rings. The third kappa shape index (κ3) is 5.88. The molecule has 0 aliphatic rings. The van der Waals surface area contributed by atoms with Crippen molar-refractivity contribution < 1.29 is 14.6 Å². The number of hydrogen-bond donors (Lipinski definition) is 2. The van der Waals surface area contributed by atoms with Gasteiger partial charge in [0.1, 0.15) is 16.7 Å². The largest absolute Gasteiger partial charge is 0.444 e. The number of aliphatic hydroxyl groups excluding tert-OH is 1. The Morgan fingerprint density at radius 2 is 2.15 bits per heavy atom. The molecule has 0 saturated heterocycles. The highest BCUT2D eigenvalue weighted by Gasteiger charge is 2.27. The Hall–Kier alpha value is -1.14. The number of thiazole rings is 1. The predicted molar refractivity (Wildman–Crippen MR) is 79.7 cm³/mol. The molecular weight excluding hydrogens is 276 g/mol. The number of alkyl carbamates (subject to hydrolysis) is 1. The highest BCUT2D eigenvalue weighted by Crippen LogP contribution is 2.23. The number of hydrogen-bond acceptors (Lipinski definition) is 5. The Morgan fingerprint density at radius 3 is 2.60 bits per heavy atom. The Balaban J connectivity index is 2.72. The minimum Gasteiger partial charge on any atom is -0.444 e. The highest BCUT2D eigenvalue weighted by molar-refractivity contribution is 7.09. The zero-order chi connectivity index (χ0) is 15.3. The van der Waals surface area contributed by atoms with E-state index in [1.807, 2.05) is 13.8 Å². The van der Waals surface area contributed by atoms with E-state index in [0.29, 0.717) is 17.3 Å². The third-order valence-electron chi connectivity index (χ3n) is 2.51. The summed E-state index contributed by atoms with van der Waals surface area (Å²) >= 11 is 1.37. The molecule has 0 saturated carbocycles. The van der Waals surface area contributed by atoms with E-state index in [2.05, 4.69) is 10.3 Å². The quantitative estimate of drug-likeness (QED) is 0.876. The molecule has 0 fully saturated rings. The van der Waals surface area contributed by atoms with Gasteiger partial charge < -0.3 is 15.2 Å². The van der Waals surface area contributed by atoms with E-state index in [1.54, 1.807) is 32.3 Å². The molecule has 0 aromatic carbocycles. The SMILES string of the molecule is CC(C)CC(NC(=O)OC(C)(C)C)C(O)c1nccs1. The van der Waals surface area contributed by atoms with Crippen molar-refractivity contribution in [1.82, 2.24) is 10.3 Å². The first-order valence-electron chi connectivity index (χ1n) is 6.76. The summed E-state index contributed by atoms with van der Waals surface area (Å²) in [6.07, 6.45) is 0.965. The molecule has 0 radical (unpaired) electrons. The van der Waals surface area contributed by atoms with Gasteiger partial charge in [-0.05, 0) is 33.1 Å². The summed E-state index contributed by atoms with van der Waals surface area (Å²) in [5.41, 5.74) is -0.557. The lowest BCUT2D eigenvalue weighted by Crippen LogP contribution is -2.43. The molecule has 0 aliphatic carbocycles. The van der Waals surface area contributed by atoms with E-state index in [1.165, 1.54) is 11.3 Å². The van der Waals surface area contributed by atoms with Crippen LogP contribution in [0.4, 0.5) is 4.79 Å². The van der Waals surface area contributed by atoms with Crippen LogP contribution in [0.15, 0.2) is 11.6 Å². The van der Waals surface area contributed by atoms with Gasteiger partial charge in [-0.25, -0.2) is 9.78 Å². The summed E-state index contributed by atoms with van der Waals surface area (Å²) in [4.78, 5) is 16.0. The lowest BCUT2D eigenvalue weighted by molar-refractivity contribution is 0.0402. The standard InChI is InChI=1S/C14H24N2O3S/c1-9(2)8-10(11(17)12-15-6-7-20-12)16-13(18)19-14(3,4)5/h6-7,9-11,17H,8H2,1-5H3,(H,16,18). The molecular formula is C14H24N2O3S. The van der Waals surface area contributed by atoms with Crippen molar-refractivity contribution >= 4 is 17.4 Å². The summed E-state index contributed by atoms with van der Waals surface area (Å²) in [7, 11) is 0. The molecule has 1 aromatic heterocycles. The fourth-order valence-electron chi connectivity index (χ4n) is 1.79. The summed E-state index contributed by atoms with van der Waals surface area (Å²) in [5, 5.41) is 15.5. The van der Waals surface area contributed by atoms with Crippen LogP contribution in [0.1, 0.15) is 52.2 Å². The van der Waals surface area contributed by atoms with Gasteiger partial charge in [-0.3, -0.25) is 0 Å². The maximum atomic E-state index is 11.9. The van der Waals surface area contributed by atoms with Gasteiger partial charge in [0, 0.05) is 11.6 Å². The molecule has 5 nitrogen and oxygen atoms in total. The first-order chi connectivity index (χ1) is 9.19. The van der Waals surface area contributed by atoms with Crippen LogP contribution in [0.25, 0.3) is 0 Å². The molecule has 1 rings (SSSR count). The number of aliphatic hydroxyl groups is 1. The second-order valence-corrected chi connectivity index (χ2v) is 7.12. The van der Waals surface area contributed by atoms with Crippen molar-refractivity contribution in [3.63, 3.8) is 0 Å². The zero-order valence-electron chi connectivity index (χ0n) is 12.7. The number of rotatable bonds is 5. The van der Waals surface area contributed by atoms with Crippen molar-refractivity contribution in [3.8, 4) is 0 Å². The van der Waals surface area contributed by atoms with Crippen LogP contribution in [0.2, 0.25) is 0 Å². The lowest BCUT2D eigenvalue weighted by Gasteiger charge is -2.27. The van der Waals surface area contributed by atoms with Gasteiger partial charge in [0.25, 0.3) is 0 Å². The summed E-state index contributed by atoms with van der Waals surface area (Å²) < 4.78 is 5.24. The summed E-state index contributed by atoms with van der Waals surface area (Å²) in [5.74, 6) is 0.338. The fourth-order valence-corrected chi connectivity index (χ4v) is 2.47. The monoisotopic (exact) mass is 300 g/mol. The van der Waals surface area contributed by atoms with Gasteiger partial charge in [0.05, 0.1) is 6.04 Å². The first kappa shape index (κ1) is 16.9. The molecule has 2 atom stereocenters. The molecule has 1 heterocycles. The maximum absolute atomic E-state index is 11.9. The van der Waals surface area contributed by atoms with Crippen molar-refractivity contribution in [3.05, 3.63) is 16.6 Å². The van der Waals surface area contributed by atoms with E-state index in [0.717, 1.165) is 0 Å². The van der Waals surface area contributed by atoms with Crippen molar-refractivity contribution in [2.24, 2.45) is 5.92 Å². The maximum Gasteiger partial charge on any atom is 0.407 e. The average Bonchev–Trinajstić information content (AvgIpc) is 2.76. The smallest absolute Gasteiger partial charge is 0.407 e. The van der Waals surface area contributed by atoms with Crippen LogP contribution in [0, 0.1) is 5.92 Å². The van der Waals surface area contributed by atoms with E-state index in [9.17, 15) is 9.90 Å². The van der Waals surface area contributed by atoms with Crippen molar-refractivity contribution in [2.75, 3.05) is 0 Å². The van der Waals surface area contributed by atoms with Crippen LogP contribution in [0.5, 0.6) is 0 Å². The normalized spacial score (nSPS) is 14.9. The van der Waals surface area contributed by atoms with Gasteiger partial charge >= 0.3 is 6.09 Å². The summed E-state index contributed by atoms with van der Waals surface area (Å²) in [6.45, 7) is 9.50. The number of carbonyl (C=O) groups excluding carboxylic acids is 1. The first-order valence-corrected chi connectivity index (χ1v) is 7.64. The molecule has 1 amide bonds. The van der Waals surface area contributed by atoms with Gasteiger partial charge in [0.15, 0.2) is 0 Å². The van der Waals surface area contributed by atoms with Gasteiger partial charge in [-0.15, -0.1) is 11.3 Å². The van der Waals surface area contributed by atoms with Crippen LogP contribution in [-0.4, -0.2) is 27.8 Å². The number of amides is 1. The number of ether oxygens (including phenoxy) is 1. The minimum absolute atomic E-state index is 0.338. The Kier molecular flexibility index (Phi) is 5.95. The third-order valence-corrected chi connectivity index (χ3v) is 3.36. The molecule has 0 aliphatic heterocycles. The second-order valence-electron chi connectivity index (χ2n) is 6.20. The second kappa shape index (κ2) is 7.04. The molecule has 20 heavy (non-hydrogen) atoms. The molecule has 2 unspecified atom stereocenters. The van der Waals surface area contributed by atoms with Gasteiger partial charge in [-0.2, -0.15) is 0 Å². The van der Waals surface area contributed by atoms with Crippen LogP contribution < -0.4 is 5.32 Å². The molecule has 2 N–H and O–H groups in total. The molecule has 0 bridgehead atoms. The number of aromatic nitrogens is 1. The zero-order valence-corrected chi connectivity index (χ0v) is 13.5. The average molecular weight is 300 g/mol. The molecule has 0 spiro atoms. The molecule has 114 valence electrons. The van der Waals surface area contributed by atoms with Gasteiger partial charge in [-0.1, -0.05) is 13.8 Å². The predicted octanol–water partition coefficient (Wildman–Crippen LogP) is 3.12. The van der Waals surface area contributed by atoms with Crippen LogP contribution in [0.3, 0.4) is 0 Å². The van der Waals surface area contributed by atoms with E-state index < -0.39 is 23.8 Å². The number of nitrogens with zero attached hydrogens (tertiary/aromatic N) is 1. The van der Waals surface area contributed by atoms with E-state index in [4.69, 9.17) is 4.74 Å². The Bertz CT molecular complexity index is 413. The van der Waals surface area contributed by atoms with E-state index >= 15 is 0 Å². The van der Waals surface area contributed by atoms with Crippen LogP contribution in [-0.2, 0) is 4.74 Å². The van der Waals surface area contributed by atoms with Crippen LogP contribution >= 0.6 is 11.3 Å². The van der Waals surface area contributed by atoms with Crippen molar-refractivity contribution in [2.45, 2.75) is 58.8 Å². The number of nitrogens with one attached hydrogen (secondary N) is 1. The molecule has 6 heteroatoms. The number of carbonyl (C=O) groups is 1. The Labute approximate surface area is 124 Å². The fraction of sp³-hybridized carbons (Fsp3) is 0.714. The lowest BCUT2D eigenvalue weighted by atomic mass is 9.99. The summed E-state index contributed by atoms with van der Waals surface area (Å²) in [6, 6.07) is -0.406. The van der Waals surface area contributed by atoms with Gasteiger partial charge in [0.2, 0.25) is 0 Å². The van der Waals surface area contributed by atoms with E-state index in [-0.39, 0.29) is 0 Å². The minimum atomic E-state index is -0.815.